The summed E-state index contributed by atoms with van der Waals surface area (Å²) in [6, 6.07) is 1.61. The molecule has 4 heteroatoms. The number of carbonyl (C=O) groups is 1. The molecule has 0 saturated heterocycles. The topological polar surface area (TPSA) is 70.1 Å². The molecule has 0 aromatic heterocycles. The van der Waals surface area contributed by atoms with Crippen LogP contribution >= 0.6 is 0 Å². The molecule has 0 fully saturated rings. The summed E-state index contributed by atoms with van der Waals surface area (Å²) in [6.07, 6.45) is 1.07. The van der Waals surface area contributed by atoms with Gasteiger partial charge in [-0.25, -0.2) is 0 Å². The van der Waals surface area contributed by atoms with Crippen molar-refractivity contribution in [1.29, 1.82) is 5.26 Å². The van der Waals surface area contributed by atoms with Crippen molar-refractivity contribution in [2.75, 3.05) is 13.1 Å². The lowest BCUT2D eigenvalue weighted by atomic mass is 10.0. The van der Waals surface area contributed by atoms with Crippen LogP contribution in [0.5, 0.6) is 0 Å². The summed E-state index contributed by atoms with van der Waals surface area (Å²) in [5, 5.41) is 8.46. The van der Waals surface area contributed by atoms with E-state index in [1.807, 2.05) is 26.8 Å². The van der Waals surface area contributed by atoms with Crippen molar-refractivity contribution in [2.45, 2.75) is 39.7 Å². The first-order valence-electron chi connectivity index (χ1n) is 5.44. The highest BCUT2D eigenvalue weighted by Gasteiger charge is 2.20. The number of likely N-dealkylation sites (N-methyl/N-ethyl adjacent to an activating group) is 1. The zero-order chi connectivity index (χ0) is 11.8. The second-order valence-electron chi connectivity index (χ2n) is 4.06. The third-order valence-electron chi connectivity index (χ3n) is 2.23. The monoisotopic (exact) mass is 211 g/mol. The fourth-order valence-corrected chi connectivity index (χ4v) is 1.45. The lowest BCUT2D eigenvalue weighted by Crippen LogP contribution is -2.44. The number of nitriles is 1. The third kappa shape index (κ3) is 5.38. The zero-order valence-corrected chi connectivity index (χ0v) is 9.86. The van der Waals surface area contributed by atoms with Gasteiger partial charge >= 0.3 is 0 Å². The van der Waals surface area contributed by atoms with Crippen molar-refractivity contribution < 1.29 is 4.79 Å². The molecule has 2 N–H and O–H groups in total. The molecule has 1 unspecified atom stereocenters. The first-order valence-corrected chi connectivity index (χ1v) is 5.44. The largest absolute Gasteiger partial charge is 0.341 e. The molecule has 0 aliphatic heterocycles. The molecule has 0 saturated carbocycles. The van der Waals surface area contributed by atoms with E-state index in [0.29, 0.717) is 31.8 Å². The Labute approximate surface area is 92.0 Å². The highest BCUT2D eigenvalue weighted by Crippen LogP contribution is 2.06. The molecule has 4 nitrogen and oxygen atoms in total. The van der Waals surface area contributed by atoms with Gasteiger partial charge in [-0.15, -0.1) is 0 Å². The summed E-state index contributed by atoms with van der Waals surface area (Å²) in [5.74, 6) is 0.375. The van der Waals surface area contributed by atoms with Gasteiger partial charge in [-0.1, -0.05) is 13.8 Å². The highest BCUT2D eigenvalue weighted by molar-refractivity contribution is 5.81. The number of hydrogen-bond donors (Lipinski definition) is 1. The van der Waals surface area contributed by atoms with Gasteiger partial charge in [-0.05, 0) is 19.3 Å². The van der Waals surface area contributed by atoms with E-state index in [0.717, 1.165) is 0 Å². The molecule has 0 aromatic rings. The van der Waals surface area contributed by atoms with Gasteiger partial charge in [0.15, 0.2) is 0 Å². The SMILES string of the molecule is CCN(CCC#N)C(=O)C(N)CC(C)C. The molecule has 1 amide bonds. The van der Waals surface area contributed by atoms with Crippen LogP contribution in [0.2, 0.25) is 0 Å². The number of nitrogens with zero attached hydrogens (tertiary/aromatic N) is 2. The van der Waals surface area contributed by atoms with E-state index in [2.05, 4.69) is 0 Å². The standard InChI is InChI=1S/C11H21N3O/c1-4-14(7-5-6-12)11(15)10(13)8-9(2)3/h9-10H,4-5,7-8,13H2,1-3H3. The Morgan fingerprint density at radius 3 is 2.53 bits per heavy atom. The quantitative estimate of drug-likeness (QED) is 0.715. The minimum atomic E-state index is -0.427. The molecular weight excluding hydrogens is 190 g/mol. The maximum atomic E-state index is 11.8. The molecular formula is C11H21N3O. The normalized spacial score (nSPS) is 12.3. The molecule has 0 aliphatic carbocycles. The number of carbonyl (C=O) groups excluding carboxylic acids is 1. The molecule has 0 spiro atoms. The fourth-order valence-electron chi connectivity index (χ4n) is 1.45. The fraction of sp³-hybridized carbons (Fsp3) is 0.818. The van der Waals surface area contributed by atoms with Gasteiger partial charge < -0.3 is 10.6 Å². The first kappa shape index (κ1) is 13.9. The van der Waals surface area contributed by atoms with Gasteiger partial charge in [0.2, 0.25) is 5.91 Å². The number of hydrogen-bond acceptors (Lipinski definition) is 3. The second-order valence-corrected chi connectivity index (χ2v) is 4.06. The summed E-state index contributed by atoms with van der Waals surface area (Å²) in [5.41, 5.74) is 5.79. The minimum absolute atomic E-state index is 0.0403. The van der Waals surface area contributed by atoms with Crippen LogP contribution in [0.25, 0.3) is 0 Å². The molecule has 0 radical (unpaired) electrons. The minimum Gasteiger partial charge on any atom is -0.341 e. The number of nitrogens with two attached hydrogens (primary N) is 1. The average molecular weight is 211 g/mol. The Balaban J connectivity index is 4.19. The Bertz CT molecular complexity index is 232. The van der Waals surface area contributed by atoms with E-state index < -0.39 is 6.04 Å². The van der Waals surface area contributed by atoms with Crippen molar-refractivity contribution in [2.24, 2.45) is 11.7 Å². The van der Waals surface area contributed by atoms with Gasteiger partial charge in [0.05, 0.1) is 18.5 Å². The Morgan fingerprint density at radius 2 is 2.13 bits per heavy atom. The van der Waals surface area contributed by atoms with E-state index in [1.165, 1.54) is 0 Å². The molecule has 0 bridgehead atoms. The van der Waals surface area contributed by atoms with Crippen LogP contribution < -0.4 is 5.73 Å². The molecule has 0 aliphatic rings. The molecule has 0 rings (SSSR count). The van der Waals surface area contributed by atoms with Crippen molar-refractivity contribution in [1.82, 2.24) is 4.90 Å². The van der Waals surface area contributed by atoms with Crippen molar-refractivity contribution in [3.63, 3.8) is 0 Å². The van der Waals surface area contributed by atoms with Gasteiger partial charge in [0.25, 0.3) is 0 Å². The maximum Gasteiger partial charge on any atom is 0.239 e. The average Bonchev–Trinajstić information content (AvgIpc) is 2.17. The highest BCUT2D eigenvalue weighted by atomic mass is 16.2. The number of rotatable bonds is 6. The Hall–Kier alpha value is -1.08. The predicted octanol–water partition coefficient (Wildman–Crippen LogP) is 1.12. The van der Waals surface area contributed by atoms with Crippen LogP contribution in [0.1, 0.15) is 33.6 Å². The van der Waals surface area contributed by atoms with Crippen molar-refractivity contribution >= 4 is 5.91 Å². The summed E-state index contributed by atoms with van der Waals surface area (Å²) in [6.45, 7) is 7.08. The van der Waals surface area contributed by atoms with E-state index in [-0.39, 0.29) is 5.91 Å². The van der Waals surface area contributed by atoms with Crippen LogP contribution in [-0.2, 0) is 4.79 Å². The zero-order valence-electron chi connectivity index (χ0n) is 9.86. The maximum absolute atomic E-state index is 11.8. The van der Waals surface area contributed by atoms with E-state index in [1.54, 1.807) is 4.90 Å². The predicted molar refractivity (Wildman–Crippen MR) is 59.9 cm³/mol. The summed E-state index contributed by atoms with van der Waals surface area (Å²) < 4.78 is 0. The van der Waals surface area contributed by atoms with Crippen molar-refractivity contribution in [3.8, 4) is 6.07 Å². The summed E-state index contributed by atoms with van der Waals surface area (Å²) in [7, 11) is 0. The Morgan fingerprint density at radius 1 is 1.53 bits per heavy atom. The van der Waals surface area contributed by atoms with Gasteiger partial charge in [0, 0.05) is 13.1 Å². The first-order chi connectivity index (χ1) is 7.02. The van der Waals surface area contributed by atoms with Crippen LogP contribution in [0.15, 0.2) is 0 Å². The van der Waals surface area contributed by atoms with Crippen LogP contribution in [-0.4, -0.2) is 29.9 Å². The molecule has 0 heterocycles. The van der Waals surface area contributed by atoms with Gasteiger partial charge in [-0.3, -0.25) is 4.79 Å². The molecule has 86 valence electrons. The van der Waals surface area contributed by atoms with Crippen LogP contribution in [0.4, 0.5) is 0 Å². The van der Waals surface area contributed by atoms with E-state index in [4.69, 9.17) is 11.0 Å². The number of amides is 1. The molecule has 0 aromatic carbocycles. The van der Waals surface area contributed by atoms with Gasteiger partial charge in [0.1, 0.15) is 0 Å². The molecule has 15 heavy (non-hydrogen) atoms. The van der Waals surface area contributed by atoms with Crippen molar-refractivity contribution in [3.05, 3.63) is 0 Å². The van der Waals surface area contributed by atoms with Crippen LogP contribution in [0, 0.1) is 17.2 Å². The van der Waals surface area contributed by atoms with Crippen LogP contribution in [0.3, 0.4) is 0 Å². The molecule has 1 atom stereocenters. The Kier molecular flexibility index (Phi) is 6.72. The lowest BCUT2D eigenvalue weighted by Gasteiger charge is -2.24. The second kappa shape index (κ2) is 7.24. The third-order valence-corrected chi connectivity index (χ3v) is 2.23. The summed E-state index contributed by atoms with van der Waals surface area (Å²) >= 11 is 0. The lowest BCUT2D eigenvalue weighted by molar-refractivity contribution is -0.132. The smallest absolute Gasteiger partial charge is 0.239 e. The van der Waals surface area contributed by atoms with Gasteiger partial charge in [-0.2, -0.15) is 5.26 Å². The van der Waals surface area contributed by atoms with E-state index >= 15 is 0 Å². The summed E-state index contributed by atoms with van der Waals surface area (Å²) in [4.78, 5) is 13.5. The van der Waals surface area contributed by atoms with E-state index in [9.17, 15) is 4.79 Å².